The topological polar surface area (TPSA) is 49.5 Å². The largest absolute Gasteiger partial charge is 0.504 e. The van der Waals surface area contributed by atoms with Crippen LogP contribution in [0.25, 0.3) is 0 Å². The average molecular weight is 542 g/mol. The Bertz CT molecular complexity index is 974. The van der Waals surface area contributed by atoms with Crippen LogP contribution in [0.3, 0.4) is 0 Å². The molecular weight excluding hydrogens is 524 g/mol. The van der Waals surface area contributed by atoms with Gasteiger partial charge in [0.25, 0.3) is 0 Å². The van der Waals surface area contributed by atoms with Crippen LogP contribution in [0, 0.1) is 0 Å². The van der Waals surface area contributed by atoms with Gasteiger partial charge < -0.3 is 15.7 Å². The quantitative estimate of drug-likeness (QED) is 0.111. The highest BCUT2D eigenvalue weighted by molar-refractivity contribution is 14.1. The summed E-state index contributed by atoms with van der Waals surface area (Å²) in [6.45, 7) is 0. The van der Waals surface area contributed by atoms with Gasteiger partial charge in [0.15, 0.2) is 5.76 Å². The van der Waals surface area contributed by atoms with Crippen molar-refractivity contribution < 1.29 is 18.3 Å². The predicted octanol–water partition coefficient (Wildman–Crippen LogP) is 7.60. The second-order valence-electron chi connectivity index (χ2n) is 6.25. The SMILES string of the molecule is Nc1cc(N(c2ccccc2)c2ccccc2)ccc1SC(I)/C=C(\O)C(F)(F)F. The minimum Gasteiger partial charge on any atom is -0.504 e. The number of halogens is 4. The van der Waals surface area contributed by atoms with Crippen molar-refractivity contribution in [2.75, 3.05) is 10.6 Å². The normalized spacial score (nSPS) is 13.1. The number of anilines is 4. The Hall–Kier alpha value is -2.33. The van der Waals surface area contributed by atoms with Gasteiger partial charge in [0, 0.05) is 27.6 Å². The zero-order valence-corrected chi connectivity index (χ0v) is 18.5. The Kier molecular flexibility index (Phi) is 7.19. The van der Waals surface area contributed by atoms with E-state index in [4.69, 9.17) is 10.8 Å². The molecule has 0 bridgehead atoms. The molecule has 3 aromatic carbocycles. The molecule has 0 amide bonds. The van der Waals surface area contributed by atoms with Crippen LogP contribution in [0.2, 0.25) is 0 Å². The molecule has 0 fully saturated rings. The van der Waals surface area contributed by atoms with Crippen molar-refractivity contribution in [1.29, 1.82) is 0 Å². The molecule has 0 aliphatic heterocycles. The molecular formula is C22H18F3IN2OS. The van der Waals surface area contributed by atoms with E-state index in [-0.39, 0.29) is 0 Å². The first-order chi connectivity index (χ1) is 14.3. The Morgan fingerprint density at radius 3 is 1.93 bits per heavy atom. The highest BCUT2D eigenvalue weighted by atomic mass is 127. The fourth-order valence-electron chi connectivity index (χ4n) is 2.76. The van der Waals surface area contributed by atoms with E-state index in [1.165, 1.54) is 0 Å². The molecule has 3 N–H and O–H groups in total. The Morgan fingerprint density at radius 2 is 1.47 bits per heavy atom. The van der Waals surface area contributed by atoms with Gasteiger partial charge in [0.05, 0.1) is 3.26 Å². The third-order valence-corrected chi connectivity index (χ3v) is 6.21. The highest BCUT2D eigenvalue weighted by Gasteiger charge is 2.34. The van der Waals surface area contributed by atoms with Crippen molar-refractivity contribution in [3.8, 4) is 0 Å². The standard InChI is InChI=1S/C22H18F3IN2OS/c23-22(24,25)20(29)14-21(26)30-19-12-11-17(13-18(19)27)28(15-7-3-1-4-8-15)16-9-5-2-6-10-16/h1-14,21,29H,27H2/b20-14-. The van der Waals surface area contributed by atoms with Crippen LogP contribution in [-0.2, 0) is 0 Å². The molecule has 1 atom stereocenters. The maximum absolute atomic E-state index is 12.5. The third kappa shape index (κ3) is 5.63. The molecule has 8 heteroatoms. The van der Waals surface area contributed by atoms with E-state index in [0.717, 1.165) is 34.9 Å². The molecule has 3 rings (SSSR count). The number of hydrogen-bond donors (Lipinski definition) is 2. The fraction of sp³-hybridized carbons (Fsp3) is 0.0909. The summed E-state index contributed by atoms with van der Waals surface area (Å²) < 4.78 is 37.0. The van der Waals surface area contributed by atoms with Gasteiger partial charge >= 0.3 is 6.18 Å². The van der Waals surface area contributed by atoms with E-state index in [2.05, 4.69) is 0 Å². The van der Waals surface area contributed by atoms with Gasteiger partial charge in [-0.25, -0.2) is 0 Å². The van der Waals surface area contributed by atoms with E-state index in [0.29, 0.717) is 10.6 Å². The van der Waals surface area contributed by atoms with Gasteiger partial charge in [0.1, 0.15) is 0 Å². The van der Waals surface area contributed by atoms with E-state index < -0.39 is 15.2 Å². The van der Waals surface area contributed by atoms with Gasteiger partial charge in [-0.2, -0.15) is 13.2 Å². The van der Waals surface area contributed by atoms with E-state index in [1.807, 2.05) is 94.2 Å². The summed E-state index contributed by atoms with van der Waals surface area (Å²) in [6, 6.07) is 25.0. The Morgan fingerprint density at radius 1 is 0.933 bits per heavy atom. The van der Waals surface area contributed by atoms with Crippen molar-refractivity contribution in [2.45, 2.75) is 14.3 Å². The van der Waals surface area contributed by atoms with E-state index >= 15 is 0 Å². The number of benzene rings is 3. The van der Waals surface area contributed by atoms with Crippen LogP contribution < -0.4 is 10.6 Å². The molecule has 156 valence electrons. The number of aliphatic hydroxyl groups is 1. The Labute approximate surface area is 190 Å². The summed E-state index contributed by atoms with van der Waals surface area (Å²) in [5.41, 5.74) is 9.40. The lowest BCUT2D eigenvalue weighted by Crippen LogP contribution is -2.12. The van der Waals surface area contributed by atoms with Crippen molar-refractivity contribution in [1.82, 2.24) is 0 Å². The summed E-state index contributed by atoms with van der Waals surface area (Å²) in [4.78, 5) is 2.67. The van der Waals surface area contributed by atoms with Crippen LogP contribution >= 0.6 is 34.4 Å². The van der Waals surface area contributed by atoms with Gasteiger partial charge in [-0.3, -0.25) is 0 Å². The van der Waals surface area contributed by atoms with Crippen LogP contribution in [-0.4, -0.2) is 14.5 Å². The van der Waals surface area contributed by atoms with Crippen molar-refractivity contribution in [3.05, 3.63) is 90.7 Å². The third-order valence-electron chi connectivity index (χ3n) is 4.10. The van der Waals surface area contributed by atoms with Gasteiger partial charge in [0.2, 0.25) is 0 Å². The number of rotatable bonds is 6. The first-order valence-corrected chi connectivity index (χ1v) is 11.0. The summed E-state index contributed by atoms with van der Waals surface area (Å²) in [5, 5.41) is 9.15. The maximum Gasteiger partial charge on any atom is 0.448 e. The molecule has 0 aromatic heterocycles. The highest BCUT2D eigenvalue weighted by Crippen LogP contribution is 2.40. The number of nitrogens with zero attached hydrogens (tertiary/aromatic N) is 1. The number of thioether (sulfide) groups is 1. The number of hydrogen-bond acceptors (Lipinski definition) is 4. The molecule has 30 heavy (non-hydrogen) atoms. The number of nitrogens with two attached hydrogens (primary N) is 1. The lowest BCUT2D eigenvalue weighted by molar-refractivity contribution is -0.120. The van der Waals surface area contributed by atoms with Crippen LogP contribution in [0.4, 0.5) is 35.9 Å². The zero-order chi connectivity index (χ0) is 21.7. The minimum absolute atomic E-state index is 0.441. The lowest BCUT2D eigenvalue weighted by atomic mass is 10.2. The molecule has 0 spiro atoms. The van der Waals surface area contributed by atoms with Gasteiger partial charge in [-0.05, 0) is 48.5 Å². The zero-order valence-electron chi connectivity index (χ0n) is 15.6. The van der Waals surface area contributed by atoms with E-state index in [1.54, 1.807) is 12.1 Å². The summed E-state index contributed by atoms with van der Waals surface area (Å²) in [7, 11) is 0. The predicted molar refractivity (Wildman–Crippen MR) is 126 cm³/mol. The number of nitrogen functional groups attached to an aromatic ring is 1. The number of allylic oxidation sites excluding steroid dienone is 1. The van der Waals surface area contributed by atoms with Crippen molar-refractivity contribution in [3.63, 3.8) is 0 Å². The molecule has 0 saturated heterocycles. The molecule has 0 aliphatic rings. The first kappa shape index (κ1) is 22.4. The Balaban J connectivity index is 1.90. The smallest absolute Gasteiger partial charge is 0.448 e. The molecule has 0 heterocycles. The van der Waals surface area contributed by atoms with Gasteiger partial charge in [-0.15, -0.1) is 11.8 Å². The summed E-state index contributed by atoms with van der Waals surface area (Å²) >= 11 is 2.95. The average Bonchev–Trinajstić information content (AvgIpc) is 2.71. The minimum atomic E-state index is -4.76. The molecule has 3 nitrogen and oxygen atoms in total. The molecule has 1 unspecified atom stereocenters. The lowest BCUT2D eigenvalue weighted by Gasteiger charge is -2.26. The second-order valence-corrected chi connectivity index (χ2v) is 9.62. The van der Waals surface area contributed by atoms with Crippen LogP contribution in [0.15, 0.2) is 95.6 Å². The molecule has 0 aliphatic carbocycles. The van der Waals surface area contributed by atoms with E-state index in [9.17, 15) is 13.2 Å². The summed E-state index contributed by atoms with van der Waals surface area (Å²) in [5.74, 6) is -1.61. The second kappa shape index (κ2) is 9.65. The molecule has 0 radical (unpaired) electrons. The fourth-order valence-corrected chi connectivity index (χ4v) is 4.70. The first-order valence-electron chi connectivity index (χ1n) is 8.84. The van der Waals surface area contributed by atoms with Crippen molar-refractivity contribution in [2.24, 2.45) is 0 Å². The number of aliphatic hydroxyl groups excluding tert-OH is 1. The van der Waals surface area contributed by atoms with Crippen molar-refractivity contribution >= 4 is 57.1 Å². The number of para-hydroxylation sites is 2. The monoisotopic (exact) mass is 542 g/mol. The maximum atomic E-state index is 12.5. The van der Waals surface area contributed by atoms with Crippen LogP contribution in [0.5, 0.6) is 0 Å². The molecule has 0 saturated carbocycles. The summed E-state index contributed by atoms with van der Waals surface area (Å²) in [6.07, 6.45) is -4.00. The van der Waals surface area contributed by atoms with Gasteiger partial charge in [-0.1, -0.05) is 59.0 Å². The number of alkyl halides is 4. The molecule has 3 aromatic rings. The van der Waals surface area contributed by atoms with Crippen LogP contribution in [0.1, 0.15) is 0 Å².